The van der Waals surface area contributed by atoms with E-state index in [9.17, 15) is 18.3 Å². The lowest BCUT2D eigenvalue weighted by atomic mass is 10.1. The maximum atomic E-state index is 12.2. The summed E-state index contributed by atoms with van der Waals surface area (Å²) in [6, 6.07) is 4.10. The Balaban J connectivity index is 2.20. The molecule has 0 heterocycles. The van der Waals surface area contributed by atoms with Crippen LogP contribution in [0, 0.1) is 12.8 Å². The third-order valence-corrected chi connectivity index (χ3v) is 5.02. The zero-order valence-electron chi connectivity index (χ0n) is 11.0. The number of aromatic carboxylic acids is 1. The standard InChI is InChI=1S/C13H17NO5S/c1-8-10(13(16)17)3-2-4-12(8)20(18,19)14-7-11(15)9-5-6-9/h2-4,9,11,14-15H,5-7H2,1H3,(H,16,17). The number of hydrogen-bond donors (Lipinski definition) is 3. The van der Waals surface area contributed by atoms with Gasteiger partial charge in [0.1, 0.15) is 0 Å². The maximum absolute atomic E-state index is 12.2. The average molecular weight is 299 g/mol. The van der Waals surface area contributed by atoms with Gasteiger partial charge in [0.05, 0.1) is 16.6 Å². The molecular formula is C13H17NO5S. The molecule has 1 aliphatic rings. The second kappa shape index (κ2) is 5.51. The molecule has 1 fully saturated rings. The third kappa shape index (κ3) is 3.17. The van der Waals surface area contributed by atoms with Gasteiger partial charge in [0, 0.05) is 6.54 Å². The summed E-state index contributed by atoms with van der Waals surface area (Å²) in [6.45, 7) is 1.40. The van der Waals surface area contributed by atoms with Gasteiger partial charge in [-0.2, -0.15) is 0 Å². The van der Waals surface area contributed by atoms with Gasteiger partial charge in [0.15, 0.2) is 0 Å². The van der Waals surface area contributed by atoms with E-state index >= 15 is 0 Å². The molecule has 0 aliphatic heterocycles. The van der Waals surface area contributed by atoms with Crippen LogP contribution >= 0.6 is 0 Å². The molecule has 0 amide bonds. The summed E-state index contributed by atoms with van der Waals surface area (Å²) in [5, 5.41) is 18.7. The average Bonchev–Trinajstić information content (AvgIpc) is 3.20. The molecule has 3 N–H and O–H groups in total. The Kier molecular flexibility index (Phi) is 4.12. The zero-order chi connectivity index (χ0) is 14.9. The van der Waals surface area contributed by atoms with Gasteiger partial charge in [-0.15, -0.1) is 0 Å². The van der Waals surface area contributed by atoms with Gasteiger partial charge in [-0.3, -0.25) is 0 Å². The summed E-state index contributed by atoms with van der Waals surface area (Å²) in [5.74, 6) is -0.998. The number of aliphatic hydroxyl groups excluding tert-OH is 1. The highest BCUT2D eigenvalue weighted by molar-refractivity contribution is 7.89. The lowest BCUT2D eigenvalue weighted by molar-refractivity contribution is 0.0695. The second-order valence-electron chi connectivity index (χ2n) is 4.99. The Morgan fingerprint density at radius 2 is 2.10 bits per heavy atom. The van der Waals surface area contributed by atoms with E-state index in [2.05, 4.69) is 4.72 Å². The number of rotatable bonds is 6. The number of nitrogens with one attached hydrogen (secondary N) is 1. The van der Waals surface area contributed by atoms with Crippen LogP contribution in [0.25, 0.3) is 0 Å². The lowest BCUT2D eigenvalue weighted by Crippen LogP contribution is -2.33. The molecule has 6 nitrogen and oxygen atoms in total. The van der Waals surface area contributed by atoms with E-state index in [4.69, 9.17) is 5.11 Å². The number of carbonyl (C=O) groups is 1. The van der Waals surface area contributed by atoms with Crippen LogP contribution < -0.4 is 4.72 Å². The highest BCUT2D eigenvalue weighted by atomic mass is 32.2. The number of carboxylic acid groups (broad SMARTS) is 1. The first-order valence-electron chi connectivity index (χ1n) is 6.33. The quantitative estimate of drug-likeness (QED) is 0.719. The molecule has 110 valence electrons. The Morgan fingerprint density at radius 3 is 2.65 bits per heavy atom. The van der Waals surface area contributed by atoms with Crippen molar-refractivity contribution in [1.29, 1.82) is 0 Å². The molecule has 0 aromatic heterocycles. The molecular weight excluding hydrogens is 282 g/mol. The highest BCUT2D eigenvalue weighted by Gasteiger charge is 2.31. The van der Waals surface area contributed by atoms with E-state index in [1.807, 2.05) is 0 Å². The number of benzene rings is 1. The fourth-order valence-corrected chi connectivity index (χ4v) is 3.37. The van der Waals surface area contributed by atoms with E-state index in [0.717, 1.165) is 12.8 Å². The lowest BCUT2D eigenvalue weighted by Gasteiger charge is -2.13. The Labute approximate surface area is 117 Å². The first-order valence-corrected chi connectivity index (χ1v) is 7.82. The molecule has 1 saturated carbocycles. The SMILES string of the molecule is Cc1c(C(=O)O)cccc1S(=O)(=O)NCC(O)C1CC1. The van der Waals surface area contributed by atoms with Crippen molar-refractivity contribution < 1.29 is 23.4 Å². The van der Waals surface area contributed by atoms with Crippen LogP contribution in [-0.2, 0) is 10.0 Å². The monoisotopic (exact) mass is 299 g/mol. The van der Waals surface area contributed by atoms with Crippen molar-refractivity contribution in [2.45, 2.75) is 30.8 Å². The molecule has 20 heavy (non-hydrogen) atoms. The largest absolute Gasteiger partial charge is 0.478 e. The van der Waals surface area contributed by atoms with Crippen LogP contribution in [0.2, 0.25) is 0 Å². The molecule has 0 bridgehead atoms. The fourth-order valence-electron chi connectivity index (χ4n) is 2.06. The molecule has 1 atom stereocenters. The van der Waals surface area contributed by atoms with Crippen molar-refractivity contribution in [3.8, 4) is 0 Å². The predicted molar refractivity (Wildman–Crippen MR) is 72.1 cm³/mol. The summed E-state index contributed by atoms with van der Waals surface area (Å²) >= 11 is 0. The van der Waals surface area contributed by atoms with Gasteiger partial charge in [-0.05, 0) is 43.4 Å². The molecule has 7 heteroatoms. The summed E-state index contributed by atoms with van der Waals surface area (Å²) < 4.78 is 26.7. The normalized spacial score (nSPS) is 16.9. The molecule has 1 aromatic rings. The number of aliphatic hydroxyl groups is 1. The Bertz CT molecular complexity index is 622. The van der Waals surface area contributed by atoms with Crippen LogP contribution in [0.1, 0.15) is 28.8 Å². The van der Waals surface area contributed by atoms with E-state index in [1.165, 1.54) is 25.1 Å². The minimum atomic E-state index is -3.82. The molecule has 2 rings (SSSR count). The molecule has 0 saturated heterocycles. The van der Waals surface area contributed by atoms with Gasteiger partial charge in [0.25, 0.3) is 0 Å². The van der Waals surface area contributed by atoms with Crippen molar-refractivity contribution >= 4 is 16.0 Å². The van der Waals surface area contributed by atoms with Crippen LogP contribution in [0.5, 0.6) is 0 Å². The molecule has 0 radical (unpaired) electrons. The molecule has 1 unspecified atom stereocenters. The Morgan fingerprint density at radius 1 is 1.45 bits per heavy atom. The zero-order valence-corrected chi connectivity index (χ0v) is 11.9. The van der Waals surface area contributed by atoms with Crippen LogP contribution in [-0.4, -0.2) is 37.2 Å². The van der Waals surface area contributed by atoms with Crippen molar-refractivity contribution in [2.24, 2.45) is 5.92 Å². The van der Waals surface area contributed by atoms with Crippen molar-refractivity contribution in [3.05, 3.63) is 29.3 Å². The van der Waals surface area contributed by atoms with Crippen molar-refractivity contribution in [1.82, 2.24) is 4.72 Å². The minimum absolute atomic E-state index is 0.0457. The van der Waals surface area contributed by atoms with Crippen LogP contribution in [0.4, 0.5) is 0 Å². The molecule has 1 aromatic carbocycles. The summed E-state index contributed by atoms with van der Waals surface area (Å²) in [5.41, 5.74) is 0.143. The minimum Gasteiger partial charge on any atom is -0.478 e. The van der Waals surface area contributed by atoms with Gasteiger partial charge in [0.2, 0.25) is 10.0 Å². The number of sulfonamides is 1. The Hall–Kier alpha value is -1.44. The van der Waals surface area contributed by atoms with E-state index in [1.54, 1.807) is 0 Å². The first kappa shape index (κ1) is 15.0. The van der Waals surface area contributed by atoms with Gasteiger partial charge in [-0.1, -0.05) is 6.07 Å². The summed E-state index contributed by atoms with van der Waals surface area (Å²) in [4.78, 5) is 10.9. The van der Waals surface area contributed by atoms with Crippen molar-refractivity contribution in [2.75, 3.05) is 6.54 Å². The highest BCUT2D eigenvalue weighted by Crippen LogP contribution is 2.32. The summed E-state index contributed by atoms with van der Waals surface area (Å²) in [7, 11) is -3.82. The molecule has 1 aliphatic carbocycles. The van der Waals surface area contributed by atoms with Crippen LogP contribution in [0.15, 0.2) is 23.1 Å². The van der Waals surface area contributed by atoms with E-state index in [0.29, 0.717) is 0 Å². The molecule has 0 spiro atoms. The van der Waals surface area contributed by atoms with E-state index in [-0.39, 0.29) is 28.5 Å². The number of carboxylic acids is 1. The second-order valence-corrected chi connectivity index (χ2v) is 6.73. The number of hydrogen-bond acceptors (Lipinski definition) is 4. The van der Waals surface area contributed by atoms with Crippen molar-refractivity contribution in [3.63, 3.8) is 0 Å². The van der Waals surface area contributed by atoms with Gasteiger partial charge < -0.3 is 10.2 Å². The van der Waals surface area contributed by atoms with Crippen LogP contribution in [0.3, 0.4) is 0 Å². The topological polar surface area (TPSA) is 104 Å². The third-order valence-electron chi connectivity index (χ3n) is 3.45. The maximum Gasteiger partial charge on any atom is 0.335 e. The summed E-state index contributed by atoms with van der Waals surface area (Å²) in [6.07, 6.45) is 1.14. The van der Waals surface area contributed by atoms with Gasteiger partial charge >= 0.3 is 5.97 Å². The van der Waals surface area contributed by atoms with E-state index < -0.39 is 22.1 Å². The first-order chi connectivity index (χ1) is 9.33. The predicted octanol–water partition coefficient (Wildman–Crippen LogP) is 0.742. The van der Waals surface area contributed by atoms with Gasteiger partial charge in [-0.25, -0.2) is 17.9 Å². The smallest absolute Gasteiger partial charge is 0.335 e. The fraction of sp³-hybridized carbons (Fsp3) is 0.462.